The van der Waals surface area contributed by atoms with Gasteiger partial charge in [-0.3, -0.25) is 4.79 Å². The zero-order valence-electron chi connectivity index (χ0n) is 7.99. The number of carbonyl (C=O) groups is 1. The van der Waals surface area contributed by atoms with Crippen LogP contribution in [-0.4, -0.2) is 27.2 Å². The smallest absolute Gasteiger partial charge is 0.244 e. The zero-order valence-corrected chi connectivity index (χ0v) is 9.58. The van der Waals surface area contributed by atoms with Crippen LogP contribution >= 0.6 is 15.9 Å². The van der Waals surface area contributed by atoms with E-state index in [1.807, 2.05) is 6.92 Å². The molecule has 7 heteroatoms. The van der Waals surface area contributed by atoms with Crippen molar-refractivity contribution in [3.05, 3.63) is 4.73 Å². The minimum Gasteiger partial charge on any atom is -0.366 e. The van der Waals surface area contributed by atoms with Crippen molar-refractivity contribution in [2.75, 3.05) is 12.3 Å². The highest BCUT2D eigenvalue weighted by Gasteiger charge is 2.18. The zero-order chi connectivity index (χ0) is 10.7. The molecule has 0 spiro atoms. The second kappa shape index (κ2) is 4.41. The molecule has 0 aliphatic heterocycles. The molecule has 1 atom stereocenters. The van der Waals surface area contributed by atoms with Crippen LogP contribution in [0.4, 0.5) is 5.95 Å². The number of anilines is 1. The first-order chi connectivity index (χ1) is 6.56. The lowest BCUT2D eigenvalue weighted by Gasteiger charge is -2.11. The van der Waals surface area contributed by atoms with Crippen molar-refractivity contribution in [2.45, 2.75) is 19.9 Å². The number of hydrogen-bond acceptors (Lipinski definition) is 4. The summed E-state index contributed by atoms with van der Waals surface area (Å²) in [4.78, 5) is 15.3. The van der Waals surface area contributed by atoms with Crippen LogP contribution in [0.3, 0.4) is 0 Å². The fraction of sp³-hybridized carbons (Fsp3) is 0.571. The fourth-order valence-corrected chi connectivity index (χ4v) is 1.57. The van der Waals surface area contributed by atoms with Crippen LogP contribution in [0.1, 0.15) is 19.9 Å². The Morgan fingerprint density at radius 1 is 1.79 bits per heavy atom. The third-order valence-electron chi connectivity index (χ3n) is 1.70. The predicted octanol–water partition coefficient (Wildman–Crippen LogP) is 0.320. The fourth-order valence-electron chi connectivity index (χ4n) is 0.999. The number of amides is 1. The lowest BCUT2D eigenvalue weighted by molar-refractivity contribution is -0.124. The molecule has 0 aliphatic carbocycles. The van der Waals surface area contributed by atoms with Gasteiger partial charge in [0.25, 0.3) is 0 Å². The first-order valence-electron chi connectivity index (χ1n) is 4.21. The number of nitrogens with zero attached hydrogens (tertiary/aromatic N) is 3. The first kappa shape index (κ1) is 11.0. The van der Waals surface area contributed by atoms with E-state index in [4.69, 9.17) is 5.73 Å². The van der Waals surface area contributed by atoms with Gasteiger partial charge in [0.15, 0.2) is 4.73 Å². The lowest BCUT2D eigenvalue weighted by atomic mass is 10.3. The van der Waals surface area contributed by atoms with E-state index in [1.165, 1.54) is 4.68 Å². The quantitative estimate of drug-likeness (QED) is 0.821. The third-order valence-corrected chi connectivity index (χ3v) is 2.24. The molecule has 0 saturated heterocycles. The van der Waals surface area contributed by atoms with Gasteiger partial charge in [-0.25, -0.2) is 4.68 Å². The summed E-state index contributed by atoms with van der Waals surface area (Å²) in [6.07, 6.45) is 0. The van der Waals surface area contributed by atoms with E-state index in [-0.39, 0.29) is 11.9 Å². The topological polar surface area (TPSA) is 85.8 Å². The molecule has 0 aliphatic rings. The molecule has 14 heavy (non-hydrogen) atoms. The minimum atomic E-state index is -0.422. The van der Waals surface area contributed by atoms with Crippen molar-refractivity contribution in [3.8, 4) is 0 Å². The maximum absolute atomic E-state index is 11.4. The summed E-state index contributed by atoms with van der Waals surface area (Å²) in [6.45, 7) is 4.17. The molecule has 1 aromatic heterocycles. The van der Waals surface area contributed by atoms with Gasteiger partial charge in [-0.2, -0.15) is 4.98 Å². The van der Waals surface area contributed by atoms with E-state index in [0.29, 0.717) is 11.3 Å². The van der Waals surface area contributed by atoms with E-state index in [1.54, 1.807) is 6.92 Å². The van der Waals surface area contributed by atoms with Crippen LogP contribution in [0, 0.1) is 0 Å². The van der Waals surface area contributed by atoms with Gasteiger partial charge in [0.2, 0.25) is 11.9 Å². The van der Waals surface area contributed by atoms with Crippen LogP contribution in [0.5, 0.6) is 0 Å². The van der Waals surface area contributed by atoms with Crippen molar-refractivity contribution in [2.24, 2.45) is 0 Å². The minimum absolute atomic E-state index is 0.113. The van der Waals surface area contributed by atoms with Crippen LogP contribution in [0.15, 0.2) is 4.73 Å². The number of nitrogens with one attached hydrogen (secondary N) is 1. The van der Waals surface area contributed by atoms with Gasteiger partial charge in [0.05, 0.1) is 0 Å². The molecular formula is C7H12BrN5O. The maximum atomic E-state index is 11.4. The van der Waals surface area contributed by atoms with Crippen LogP contribution < -0.4 is 11.1 Å². The summed E-state index contributed by atoms with van der Waals surface area (Å²) in [6, 6.07) is -0.422. The average Bonchev–Trinajstić information content (AvgIpc) is 2.44. The number of nitrogen functional groups attached to an aromatic ring is 1. The van der Waals surface area contributed by atoms with Crippen LogP contribution in [-0.2, 0) is 4.79 Å². The van der Waals surface area contributed by atoms with Gasteiger partial charge in [-0.1, -0.05) is 0 Å². The Kier molecular flexibility index (Phi) is 3.45. The molecule has 0 saturated carbocycles. The van der Waals surface area contributed by atoms with Crippen molar-refractivity contribution in [1.29, 1.82) is 0 Å². The highest BCUT2D eigenvalue weighted by molar-refractivity contribution is 9.10. The molecule has 0 fully saturated rings. The van der Waals surface area contributed by atoms with Crippen molar-refractivity contribution >= 4 is 27.8 Å². The summed E-state index contributed by atoms with van der Waals surface area (Å²) in [7, 11) is 0. The highest BCUT2D eigenvalue weighted by Crippen LogP contribution is 2.14. The summed E-state index contributed by atoms with van der Waals surface area (Å²) in [5.41, 5.74) is 5.39. The maximum Gasteiger partial charge on any atom is 0.244 e. The Balaban J connectivity index is 2.83. The van der Waals surface area contributed by atoms with Gasteiger partial charge in [0.1, 0.15) is 6.04 Å². The summed E-state index contributed by atoms with van der Waals surface area (Å²) < 4.78 is 1.88. The Labute approximate surface area is 90.0 Å². The summed E-state index contributed by atoms with van der Waals surface area (Å²) in [5, 5.41) is 6.58. The van der Waals surface area contributed by atoms with Crippen molar-refractivity contribution in [1.82, 2.24) is 20.1 Å². The molecular weight excluding hydrogens is 250 g/mol. The first-order valence-corrected chi connectivity index (χ1v) is 5.00. The molecule has 1 heterocycles. The molecule has 3 N–H and O–H groups in total. The molecule has 1 amide bonds. The highest BCUT2D eigenvalue weighted by atomic mass is 79.9. The number of likely N-dealkylation sites (N-methyl/N-ethyl adjacent to an activating group) is 1. The number of hydrogen-bond donors (Lipinski definition) is 2. The molecule has 78 valence electrons. The van der Waals surface area contributed by atoms with Gasteiger partial charge < -0.3 is 11.1 Å². The molecule has 0 aromatic carbocycles. The van der Waals surface area contributed by atoms with E-state index in [9.17, 15) is 4.79 Å². The molecule has 1 unspecified atom stereocenters. The normalized spacial score (nSPS) is 12.5. The Bertz CT molecular complexity index is 337. The van der Waals surface area contributed by atoms with Gasteiger partial charge >= 0.3 is 0 Å². The van der Waals surface area contributed by atoms with Crippen molar-refractivity contribution < 1.29 is 4.79 Å². The van der Waals surface area contributed by atoms with Gasteiger partial charge in [-0.05, 0) is 29.8 Å². The summed E-state index contributed by atoms with van der Waals surface area (Å²) >= 11 is 3.17. The monoisotopic (exact) mass is 261 g/mol. The Morgan fingerprint density at radius 2 is 2.43 bits per heavy atom. The molecule has 0 bridgehead atoms. The molecule has 6 nitrogen and oxygen atoms in total. The standard InChI is InChI=1S/C7H12BrN5O/c1-3-10-5(14)4(2)13-6(8)11-7(9)12-13/h4H,3H2,1-2H3,(H2,9,12)(H,10,14). The number of aromatic nitrogens is 3. The van der Waals surface area contributed by atoms with E-state index in [0.717, 1.165) is 0 Å². The Hall–Kier alpha value is -1.11. The van der Waals surface area contributed by atoms with Gasteiger partial charge in [-0.15, -0.1) is 5.10 Å². The number of rotatable bonds is 3. The van der Waals surface area contributed by atoms with Crippen molar-refractivity contribution in [3.63, 3.8) is 0 Å². The predicted molar refractivity (Wildman–Crippen MR) is 55.5 cm³/mol. The number of halogens is 1. The van der Waals surface area contributed by atoms with E-state index >= 15 is 0 Å². The number of nitrogens with two attached hydrogens (primary N) is 1. The van der Waals surface area contributed by atoms with Gasteiger partial charge in [0, 0.05) is 6.54 Å². The second-order valence-corrected chi connectivity index (χ2v) is 3.46. The molecule has 1 aromatic rings. The SMILES string of the molecule is CCNC(=O)C(C)n1nc(N)nc1Br. The second-order valence-electron chi connectivity index (χ2n) is 2.75. The third kappa shape index (κ3) is 2.22. The largest absolute Gasteiger partial charge is 0.366 e. The number of carbonyl (C=O) groups excluding carboxylic acids is 1. The molecule has 0 radical (unpaired) electrons. The Morgan fingerprint density at radius 3 is 2.86 bits per heavy atom. The molecule has 1 rings (SSSR count). The summed E-state index contributed by atoms with van der Waals surface area (Å²) in [5.74, 6) is 0.0334. The van der Waals surface area contributed by atoms with Crippen LogP contribution in [0.2, 0.25) is 0 Å². The lowest BCUT2D eigenvalue weighted by Crippen LogP contribution is -2.31. The van der Waals surface area contributed by atoms with Crippen LogP contribution in [0.25, 0.3) is 0 Å². The van der Waals surface area contributed by atoms with E-state index < -0.39 is 6.04 Å². The van der Waals surface area contributed by atoms with E-state index in [2.05, 4.69) is 31.3 Å². The average molecular weight is 262 g/mol.